The lowest BCUT2D eigenvalue weighted by Crippen LogP contribution is -2.30. The van der Waals surface area contributed by atoms with Crippen LogP contribution in [0.25, 0.3) is 11.0 Å². The van der Waals surface area contributed by atoms with Crippen molar-refractivity contribution in [1.82, 2.24) is 15.2 Å². The van der Waals surface area contributed by atoms with Crippen molar-refractivity contribution in [2.75, 3.05) is 0 Å². The summed E-state index contributed by atoms with van der Waals surface area (Å²) in [5.74, 6) is 6.53. The summed E-state index contributed by atoms with van der Waals surface area (Å²) in [5, 5.41) is 5.41. The minimum atomic E-state index is -0.198. The maximum atomic E-state index is 5.89. The van der Waals surface area contributed by atoms with Gasteiger partial charge in [0.2, 0.25) is 0 Å². The SMILES string of the molecule is CCCn1nccc1C(NN)c1cc2ccccc2o1. The van der Waals surface area contributed by atoms with Gasteiger partial charge in [0.05, 0.1) is 5.69 Å². The fraction of sp³-hybridized carbons (Fsp3) is 0.267. The second-order valence-electron chi connectivity index (χ2n) is 4.77. The summed E-state index contributed by atoms with van der Waals surface area (Å²) in [6, 6.07) is 11.7. The van der Waals surface area contributed by atoms with Gasteiger partial charge in [0, 0.05) is 18.1 Å². The number of hydrazine groups is 1. The molecule has 1 atom stereocenters. The Labute approximate surface area is 117 Å². The molecule has 1 aromatic carbocycles. The van der Waals surface area contributed by atoms with Crippen molar-refractivity contribution in [2.24, 2.45) is 5.84 Å². The molecule has 3 aromatic rings. The molecule has 1 unspecified atom stereocenters. The van der Waals surface area contributed by atoms with Gasteiger partial charge in [-0.15, -0.1) is 0 Å². The first-order chi connectivity index (χ1) is 9.83. The second kappa shape index (κ2) is 5.48. The van der Waals surface area contributed by atoms with Crippen LogP contribution in [0, 0.1) is 0 Å². The highest BCUT2D eigenvalue weighted by Gasteiger charge is 2.20. The lowest BCUT2D eigenvalue weighted by Gasteiger charge is -2.15. The lowest BCUT2D eigenvalue weighted by atomic mass is 10.1. The maximum absolute atomic E-state index is 5.89. The summed E-state index contributed by atoms with van der Waals surface area (Å²) in [6.07, 6.45) is 2.81. The summed E-state index contributed by atoms with van der Waals surface area (Å²) in [6.45, 7) is 2.98. The summed E-state index contributed by atoms with van der Waals surface area (Å²) in [4.78, 5) is 0. The highest BCUT2D eigenvalue weighted by Crippen LogP contribution is 2.27. The Kier molecular flexibility index (Phi) is 3.54. The van der Waals surface area contributed by atoms with Gasteiger partial charge in [-0.1, -0.05) is 25.1 Å². The van der Waals surface area contributed by atoms with E-state index in [1.807, 2.05) is 41.1 Å². The minimum absolute atomic E-state index is 0.198. The number of furan rings is 1. The molecule has 0 saturated carbocycles. The number of fused-ring (bicyclic) bond motifs is 1. The highest BCUT2D eigenvalue weighted by atomic mass is 16.3. The fourth-order valence-corrected chi connectivity index (χ4v) is 2.44. The van der Waals surface area contributed by atoms with E-state index in [1.165, 1.54) is 0 Å². The summed E-state index contributed by atoms with van der Waals surface area (Å²) >= 11 is 0. The van der Waals surface area contributed by atoms with Crippen LogP contribution < -0.4 is 11.3 Å². The van der Waals surface area contributed by atoms with Crippen molar-refractivity contribution in [1.29, 1.82) is 0 Å². The molecule has 0 spiro atoms. The number of benzene rings is 1. The van der Waals surface area contributed by atoms with E-state index in [-0.39, 0.29) is 6.04 Å². The average Bonchev–Trinajstić information content (AvgIpc) is 3.07. The maximum Gasteiger partial charge on any atom is 0.134 e. The summed E-state index contributed by atoms with van der Waals surface area (Å²) in [7, 11) is 0. The van der Waals surface area contributed by atoms with Crippen LogP contribution in [0.1, 0.15) is 30.8 Å². The Hall–Kier alpha value is -2.11. The Morgan fingerprint density at radius 1 is 1.35 bits per heavy atom. The van der Waals surface area contributed by atoms with Crippen molar-refractivity contribution in [3.8, 4) is 0 Å². The van der Waals surface area contributed by atoms with E-state index in [4.69, 9.17) is 10.3 Å². The Bertz CT molecular complexity index is 668. The molecule has 5 heteroatoms. The van der Waals surface area contributed by atoms with Gasteiger partial charge in [-0.05, 0) is 24.6 Å². The molecule has 0 fully saturated rings. The summed E-state index contributed by atoms with van der Waals surface area (Å²) < 4.78 is 7.85. The molecule has 0 aliphatic heterocycles. The Morgan fingerprint density at radius 2 is 2.20 bits per heavy atom. The number of nitrogens with one attached hydrogen (secondary N) is 1. The molecule has 0 amide bonds. The van der Waals surface area contributed by atoms with Gasteiger partial charge in [0.15, 0.2) is 0 Å². The molecule has 20 heavy (non-hydrogen) atoms. The van der Waals surface area contributed by atoms with E-state index >= 15 is 0 Å². The zero-order valence-corrected chi connectivity index (χ0v) is 11.4. The van der Waals surface area contributed by atoms with Crippen LogP contribution in [0.3, 0.4) is 0 Å². The summed E-state index contributed by atoms with van der Waals surface area (Å²) in [5.41, 5.74) is 4.70. The smallest absolute Gasteiger partial charge is 0.134 e. The van der Waals surface area contributed by atoms with Gasteiger partial charge in [-0.3, -0.25) is 10.5 Å². The number of nitrogens with two attached hydrogens (primary N) is 1. The van der Waals surface area contributed by atoms with Gasteiger partial charge in [-0.25, -0.2) is 5.43 Å². The van der Waals surface area contributed by atoms with E-state index in [1.54, 1.807) is 6.20 Å². The molecule has 2 heterocycles. The third kappa shape index (κ3) is 2.21. The molecule has 0 radical (unpaired) electrons. The molecule has 0 aliphatic rings. The van der Waals surface area contributed by atoms with Gasteiger partial charge in [0.1, 0.15) is 17.4 Å². The first-order valence-corrected chi connectivity index (χ1v) is 6.79. The van der Waals surface area contributed by atoms with Gasteiger partial charge in [-0.2, -0.15) is 5.10 Å². The normalized spacial score (nSPS) is 12.9. The van der Waals surface area contributed by atoms with Crippen molar-refractivity contribution in [3.05, 3.63) is 54.0 Å². The molecule has 0 saturated heterocycles. The largest absolute Gasteiger partial charge is 0.459 e. The van der Waals surface area contributed by atoms with Crippen molar-refractivity contribution in [3.63, 3.8) is 0 Å². The van der Waals surface area contributed by atoms with Crippen LogP contribution in [-0.4, -0.2) is 9.78 Å². The molecular formula is C15H18N4O. The molecule has 3 rings (SSSR count). The number of hydrogen-bond donors (Lipinski definition) is 2. The highest BCUT2D eigenvalue weighted by molar-refractivity contribution is 5.77. The number of rotatable bonds is 5. The Balaban J connectivity index is 2.02. The Morgan fingerprint density at radius 3 is 2.95 bits per heavy atom. The zero-order valence-electron chi connectivity index (χ0n) is 11.4. The standard InChI is InChI=1S/C15H18N4O/c1-2-9-19-12(7-8-17-19)15(18-16)14-10-11-5-3-4-6-13(11)20-14/h3-8,10,15,18H,2,9,16H2,1H3. The predicted octanol–water partition coefficient (Wildman–Crippen LogP) is 2.59. The molecule has 2 aromatic heterocycles. The molecule has 3 N–H and O–H groups in total. The molecule has 104 valence electrons. The lowest BCUT2D eigenvalue weighted by molar-refractivity contribution is 0.446. The fourth-order valence-electron chi connectivity index (χ4n) is 2.44. The average molecular weight is 270 g/mol. The third-order valence-electron chi connectivity index (χ3n) is 3.38. The number of para-hydroxylation sites is 1. The monoisotopic (exact) mass is 270 g/mol. The number of aryl methyl sites for hydroxylation is 1. The second-order valence-corrected chi connectivity index (χ2v) is 4.77. The molecule has 5 nitrogen and oxygen atoms in total. The molecule has 0 aliphatic carbocycles. The first-order valence-electron chi connectivity index (χ1n) is 6.79. The van der Waals surface area contributed by atoms with Crippen LogP contribution in [0.5, 0.6) is 0 Å². The van der Waals surface area contributed by atoms with Crippen LogP contribution in [0.4, 0.5) is 0 Å². The topological polar surface area (TPSA) is 69.0 Å². The van der Waals surface area contributed by atoms with E-state index in [2.05, 4.69) is 17.4 Å². The van der Waals surface area contributed by atoms with E-state index in [0.717, 1.165) is 35.4 Å². The number of hydrogen-bond acceptors (Lipinski definition) is 4. The quantitative estimate of drug-likeness (QED) is 0.552. The van der Waals surface area contributed by atoms with E-state index in [0.29, 0.717) is 0 Å². The zero-order chi connectivity index (χ0) is 13.9. The molecular weight excluding hydrogens is 252 g/mol. The van der Waals surface area contributed by atoms with Gasteiger partial charge < -0.3 is 4.42 Å². The van der Waals surface area contributed by atoms with Crippen molar-refractivity contribution in [2.45, 2.75) is 25.9 Å². The first kappa shape index (κ1) is 12.9. The van der Waals surface area contributed by atoms with Crippen LogP contribution in [-0.2, 0) is 6.54 Å². The number of aromatic nitrogens is 2. The van der Waals surface area contributed by atoms with Crippen LogP contribution in [0.15, 0.2) is 47.0 Å². The van der Waals surface area contributed by atoms with Crippen LogP contribution in [0.2, 0.25) is 0 Å². The third-order valence-corrected chi connectivity index (χ3v) is 3.38. The van der Waals surface area contributed by atoms with Gasteiger partial charge in [0.25, 0.3) is 0 Å². The van der Waals surface area contributed by atoms with E-state index in [9.17, 15) is 0 Å². The predicted molar refractivity (Wildman–Crippen MR) is 77.9 cm³/mol. The minimum Gasteiger partial charge on any atom is -0.459 e. The van der Waals surface area contributed by atoms with Crippen LogP contribution >= 0.6 is 0 Å². The number of nitrogens with zero attached hydrogens (tertiary/aromatic N) is 2. The van der Waals surface area contributed by atoms with Crippen molar-refractivity contribution >= 4 is 11.0 Å². The van der Waals surface area contributed by atoms with E-state index < -0.39 is 0 Å². The van der Waals surface area contributed by atoms with Gasteiger partial charge >= 0.3 is 0 Å². The van der Waals surface area contributed by atoms with Crippen molar-refractivity contribution < 1.29 is 4.42 Å². The molecule has 0 bridgehead atoms.